The summed E-state index contributed by atoms with van der Waals surface area (Å²) in [6.45, 7) is 3.48. The maximum Gasteiger partial charge on any atom is 0.192 e. The van der Waals surface area contributed by atoms with Gasteiger partial charge >= 0.3 is 0 Å². The van der Waals surface area contributed by atoms with E-state index in [1.165, 1.54) is 0 Å². The SMILES string of the molecule is CCC(=O)C(O)c1ccc2oc(C)nc2c1. The van der Waals surface area contributed by atoms with Crippen LogP contribution in [0.2, 0.25) is 0 Å². The fourth-order valence-electron chi connectivity index (χ4n) is 1.61. The molecule has 0 bridgehead atoms. The monoisotopic (exact) mass is 219 g/mol. The lowest BCUT2D eigenvalue weighted by Gasteiger charge is -2.07. The molecule has 0 fully saturated rings. The average molecular weight is 219 g/mol. The number of hydrogen-bond acceptors (Lipinski definition) is 4. The molecule has 0 saturated heterocycles. The highest BCUT2D eigenvalue weighted by molar-refractivity contribution is 5.85. The largest absolute Gasteiger partial charge is 0.441 e. The Labute approximate surface area is 92.9 Å². The molecule has 84 valence electrons. The molecular weight excluding hydrogens is 206 g/mol. The van der Waals surface area contributed by atoms with Crippen molar-refractivity contribution in [2.75, 3.05) is 0 Å². The number of carbonyl (C=O) groups excluding carboxylic acids is 1. The third-order valence-electron chi connectivity index (χ3n) is 2.49. The van der Waals surface area contributed by atoms with Gasteiger partial charge in [-0.1, -0.05) is 13.0 Å². The molecule has 1 unspecified atom stereocenters. The number of ketones is 1. The first-order valence-electron chi connectivity index (χ1n) is 5.19. The van der Waals surface area contributed by atoms with Crippen molar-refractivity contribution < 1.29 is 14.3 Å². The Morgan fingerprint density at radius 1 is 1.56 bits per heavy atom. The summed E-state index contributed by atoms with van der Waals surface area (Å²) in [6, 6.07) is 5.09. The molecule has 4 heteroatoms. The number of oxazole rings is 1. The lowest BCUT2D eigenvalue weighted by molar-refractivity contribution is -0.127. The van der Waals surface area contributed by atoms with Crippen molar-refractivity contribution in [1.82, 2.24) is 4.98 Å². The molecule has 1 heterocycles. The normalized spacial score (nSPS) is 12.9. The number of carbonyl (C=O) groups is 1. The van der Waals surface area contributed by atoms with E-state index < -0.39 is 6.10 Å². The van der Waals surface area contributed by atoms with Crippen molar-refractivity contribution in [3.05, 3.63) is 29.7 Å². The molecule has 0 saturated carbocycles. The third kappa shape index (κ3) is 1.84. The zero-order valence-electron chi connectivity index (χ0n) is 9.23. The Bertz CT molecular complexity index is 530. The Hall–Kier alpha value is -1.68. The van der Waals surface area contributed by atoms with E-state index in [2.05, 4.69) is 4.98 Å². The molecule has 16 heavy (non-hydrogen) atoms. The van der Waals surface area contributed by atoms with Gasteiger partial charge in [0.15, 0.2) is 17.3 Å². The molecule has 0 aliphatic rings. The number of aliphatic hydroxyl groups excluding tert-OH is 1. The summed E-state index contributed by atoms with van der Waals surface area (Å²) in [6.07, 6.45) is -0.747. The van der Waals surface area contributed by atoms with Crippen LogP contribution in [0.15, 0.2) is 22.6 Å². The van der Waals surface area contributed by atoms with Crippen LogP contribution in [-0.4, -0.2) is 15.9 Å². The van der Waals surface area contributed by atoms with Crippen LogP contribution < -0.4 is 0 Å². The van der Waals surface area contributed by atoms with E-state index in [9.17, 15) is 9.90 Å². The molecule has 2 rings (SSSR count). The zero-order valence-corrected chi connectivity index (χ0v) is 9.23. The number of Topliss-reactive ketones (excluding diaryl/α,β-unsaturated/α-hetero) is 1. The lowest BCUT2D eigenvalue weighted by atomic mass is 10.0. The average Bonchev–Trinajstić information content (AvgIpc) is 2.65. The summed E-state index contributed by atoms with van der Waals surface area (Å²) in [5, 5.41) is 9.75. The standard InChI is InChI=1S/C12H13NO3/c1-3-10(14)12(15)8-4-5-11-9(6-8)13-7(2)16-11/h4-6,12,15H,3H2,1-2H3. The second-order valence-electron chi connectivity index (χ2n) is 3.68. The number of hydrogen-bond donors (Lipinski definition) is 1. The van der Waals surface area contributed by atoms with Crippen molar-refractivity contribution in [3.8, 4) is 0 Å². The van der Waals surface area contributed by atoms with Crippen molar-refractivity contribution in [1.29, 1.82) is 0 Å². The van der Waals surface area contributed by atoms with Crippen LogP contribution in [0.3, 0.4) is 0 Å². The highest BCUT2D eigenvalue weighted by atomic mass is 16.3. The number of fused-ring (bicyclic) bond motifs is 1. The first-order valence-corrected chi connectivity index (χ1v) is 5.19. The first kappa shape index (κ1) is 10.8. The summed E-state index contributed by atoms with van der Waals surface area (Å²) < 4.78 is 5.31. The van der Waals surface area contributed by atoms with Gasteiger partial charge in [-0.2, -0.15) is 0 Å². The molecule has 0 aliphatic heterocycles. The molecule has 0 aliphatic carbocycles. The quantitative estimate of drug-likeness (QED) is 0.859. The van der Waals surface area contributed by atoms with Crippen LogP contribution in [0.4, 0.5) is 0 Å². The van der Waals surface area contributed by atoms with E-state index in [0.29, 0.717) is 29.0 Å². The minimum absolute atomic E-state index is 0.195. The van der Waals surface area contributed by atoms with Gasteiger partial charge in [0, 0.05) is 13.3 Å². The van der Waals surface area contributed by atoms with E-state index in [4.69, 9.17) is 4.42 Å². The molecule has 1 N–H and O–H groups in total. The predicted molar refractivity (Wildman–Crippen MR) is 59.0 cm³/mol. The fraction of sp³-hybridized carbons (Fsp3) is 0.333. The van der Waals surface area contributed by atoms with Gasteiger partial charge in [0.1, 0.15) is 11.6 Å². The Balaban J connectivity index is 2.42. The Morgan fingerprint density at radius 3 is 3.00 bits per heavy atom. The van der Waals surface area contributed by atoms with Gasteiger partial charge in [-0.05, 0) is 17.7 Å². The number of aliphatic hydroxyl groups is 1. The fourth-order valence-corrected chi connectivity index (χ4v) is 1.61. The van der Waals surface area contributed by atoms with Crippen molar-refractivity contribution in [2.24, 2.45) is 0 Å². The zero-order chi connectivity index (χ0) is 11.7. The van der Waals surface area contributed by atoms with Gasteiger partial charge in [-0.25, -0.2) is 4.98 Å². The maximum absolute atomic E-state index is 11.4. The molecule has 0 spiro atoms. The summed E-state index contributed by atoms with van der Waals surface area (Å²) in [7, 11) is 0. The highest BCUT2D eigenvalue weighted by Gasteiger charge is 2.16. The van der Waals surface area contributed by atoms with Crippen LogP contribution in [0.25, 0.3) is 11.1 Å². The second kappa shape index (κ2) is 4.06. The lowest BCUT2D eigenvalue weighted by Crippen LogP contribution is -2.10. The van der Waals surface area contributed by atoms with E-state index in [0.717, 1.165) is 0 Å². The van der Waals surface area contributed by atoms with E-state index in [1.54, 1.807) is 32.0 Å². The van der Waals surface area contributed by atoms with Gasteiger partial charge in [-0.3, -0.25) is 4.79 Å². The van der Waals surface area contributed by atoms with E-state index in [1.807, 2.05) is 0 Å². The van der Waals surface area contributed by atoms with E-state index >= 15 is 0 Å². The minimum atomic E-state index is -1.06. The maximum atomic E-state index is 11.4. The molecule has 4 nitrogen and oxygen atoms in total. The molecule has 0 radical (unpaired) electrons. The minimum Gasteiger partial charge on any atom is -0.441 e. The van der Waals surface area contributed by atoms with Crippen LogP contribution >= 0.6 is 0 Å². The Morgan fingerprint density at radius 2 is 2.31 bits per heavy atom. The van der Waals surface area contributed by atoms with Crippen molar-refractivity contribution in [2.45, 2.75) is 26.4 Å². The molecule has 1 atom stereocenters. The predicted octanol–water partition coefficient (Wildman–Crippen LogP) is 2.15. The second-order valence-corrected chi connectivity index (χ2v) is 3.68. The smallest absolute Gasteiger partial charge is 0.192 e. The summed E-state index contributed by atoms with van der Waals surface area (Å²) in [5.41, 5.74) is 1.89. The third-order valence-corrected chi connectivity index (χ3v) is 2.49. The highest BCUT2D eigenvalue weighted by Crippen LogP contribution is 2.22. The first-order chi connectivity index (χ1) is 7.61. The van der Waals surface area contributed by atoms with Crippen LogP contribution in [0.5, 0.6) is 0 Å². The number of benzene rings is 1. The van der Waals surface area contributed by atoms with Crippen LogP contribution in [0.1, 0.15) is 30.9 Å². The van der Waals surface area contributed by atoms with E-state index in [-0.39, 0.29) is 5.78 Å². The van der Waals surface area contributed by atoms with Gasteiger partial charge < -0.3 is 9.52 Å². The van der Waals surface area contributed by atoms with Gasteiger partial charge in [0.05, 0.1) is 0 Å². The molecule has 1 aromatic heterocycles. The molecule has 0 amide bonds. The Kier molecular flexibility index (Phi) is 2.75. The number of aromatic nitrogens is 1. The van der Waals surface area contributed by atoms with Gasteiger partial charge in [-0.15, -0.1) is 0 Å². The summed E-state index contributed by atoms with van der Waals surface area (Å²) in [4.78, 5) is 15.5. The van der Waals surface area contributed by atoms with Gasteiger partial charge in [0.25, 0.3) is 0 Å². The number of aryl methyl sites for hydroxylation is 1. The molecule has 1 aromatic carbocycles. The molecule has 2 aromatic rings. The van der Waals surface area contributed by atoms with Crippen LogP contribution in [-0.2, 0) is 4.79 Å². The van der Waals surface area contributed by atoms with Crippen molar-refractivity contribution in [3.63, 3.8) is 0 Å². The number of rotatable bonds is 3. The summed E-state index contributed by atoms with van der Waals surface area (Å²) in [5.74, 6) is 0.378. The van der Waals surface area contributed by atoms with Gasteiger partial charge in [0.2, 0.25) is 0 Å². The summed E-state index contributed by atoms with van der Waals surface area (Å²) >= 11 is 0. The van der Waals surface area contributed by atoms with Crippen LogP contribution in [0, 0.1) is 6.92 Å². The topological polar surface area (TPSA) is 63.3 Å². The number of nitrogens with zero attached hydrogens (tertiary/aromatic N) is 1. The molecular formula is C12H13NO3. The van der Waals surface area contributed by atoms with Crippen molar-refractivity contribution >= 4 is 16.9 Å².